The molecule has 1 aromatic rings. The molecule has 4 nitrogen and oxygen atoms in total. The molecule has 1 aliphatic rings. The predicted molar refractivity (Wildman–Crippen MR) is 80.1 cm³/mol. The van der Waals surface area contributed by atoms with E-state index in [0.29, 0.717) is 19.5 Å². The first-order chi connectivity index (χ1) is 9.52. The number of hydrogen-bond acceptors (Lipinski definition) is 2. The minimum atomic E-state index is -0.392. The van der Waals surface area contributed by atoms with Crippen LogP contribution in [0.15, 0.2) is 24.3 Å². The van der Waals surface area contributed by atoms with Crippen LogP contribution in [0, 0.1) is 0 Å². The lowest BCUT2D eigenvalue weighted by Gasteiger charge is -2.17. The van der Waals surface area contributed by atoms with E-state index in [2.05, 4.69) is 16.7 Å². The number of halogens is 1. The van der Waals surface area contributed by atoms with Crippen molar-refractivity contribution in [2.45, 2.75) is 37.7 Å². The number of hydrogen-bond donors (Lipinski definition) is 3. The Kier molecular flexibility index (Phi) is 4.89. The summed E-state index contributed by atoms with van der Waals surface area (Å²) in [6, 6.07) is 7.66. The number of carbonyl (C=O) groups excluding carboxylic acids is 1. The van der Waals surface area contributed by atoms with Gasteiger partial charge in [0.05, 0.1) is 6.10 Å². The summed E-state index contributed by atoms with van der Waals surface area (Å²) in [5.74, 6) is 0. The van der Waals surface area contributed by atoms with Gasteiger partial charge in [-0.25, -0.2) is 4.79 Å². The molecule has 2 amide bonds. The van der Waals surface area contributed by atoms with Gasteiger partial charge in [0.1, 0.15) is 0 Å². The molecule has 1 aliphatic carbocycles. The lowest BCUT2D eigenvalue weighted by atomic mass is 9.96. The Morgan fingerprint density at radius 2 is 2.20 bits per heavy atom. The zero-order chi connectivity index (χ0) is 14.6. The third-order valence-corrected chi connectivity index (χ3v) is 3.96. The highest BCUT2D eigenvalue weighted by Gasteiger charge is 2.44. The van der Waals surface area contributed by atoms with Crippen molar-refractivity contribution in [2.24, 2.45) is 0 Å². The van der Waals surface area contributed by atoms with Crippen molar-refractivity contribution in [3.8, 4) is 0 Å². The van der Waals surface area contributed by atoms with Crippen LogP contribution >= 0.6 is 11.6 Å². The fourth-order valence-corrected chi connectivity index (χ4v) is 2.43. The molecule has 3 N–H and O–H groups in total. The van der Waals surface area contributed by atoms with Gasteiger partial charge in [-0.3, -0.25) is 0 Å². The van der Waals surface area contributed by atoms with Gasteiger partial charge in [0, 0.05) is 23.5 Å². The van der Waals surface area contributed by atoms with E-state index in [0.717, 1.165) is 17.9 Å². The number of urea groups is 1. The zero-order valence-corrected chi connectivity index (χ0v) is 12.4. The number of aliphatic hydroxyl groups excluding tert-OH is 1. The van der Waals surface area contributed by atoms with Gasteiger partial charge in [0.25, 0.3) is 0 Å². The maximum atomic E-state index is 11.7. The van der Waals surface area contributed by atoms with Crippen molar-refractivity contribution in [1.82, 2.24) is 10.6 Å². The molecule has 0 heterocycles. The molecule has 0 bridgehead atoms. The van der Waals surface area contributed by atoms with E-state index >= 15 is 0 Å². The molecule has 110 valence electrons. The number of rotatable bonds is 6. The summed E-state index contributed by atoms with van der Waals surface area (Å²) in [7, 11) is 0. The normalized spacial score (nSPS) is 17.4. The molecule has 20 heavy (non-hydrogen) atoms. The Morgan fingerprint density at radius 3 is 2.80 bits per heavy atom. The molecule has 1 unspecified atom stereocenters. The summed E-state index contributed by atoms with van der Waals surface area (Å²) in [5, 5.41) is 15.5. The van der Waals surface area contributed by atoms with Crippen molar-refractivity contribution >= 4 is 17.6 Å². The third-order valence-electron chi connectivity index (χ3n) is 3.73. The van der Waals surface area contributed by atoms with Crippen LogP contribution in [0.5, 0.6) is 0 Å². The van der Waals surface area contributed by atoms with E-state index in [1.807, 2.05) is 18.2 Å². The Hall–Kier alpha value is -1.26. The number of carbonyl (C=O) groups is 1. The predicted octanol–water partition coefficient (Wildman–Crippen LogP) is 2.44. The van der Waals surface area contributed by atoms with E-state index in [1.54, 1.807) is 6.92 Å². The highest BCUT2D eigenvalue weighted by molar-refractivity contribution is 6.30. The first-order valence-corrected chi connectivity index (χ1v) is 7.35. The lowest BCUT2D eigenvalue weighted by Crippen LogP contribution is -2.40. The van der Waals surface area contributed by atoms with E-state index < -0.39 is 6.10 Å². The average Bonchev–Trinajstić information content (AvgIpc) is 3.17. The van der Waals surface area contributed by atoms with Crippen molar-refractivity contribution in [2.75, 3.05) is 13.1 Å². The van der Waals surface area contributed by atoms with Crippen molar-refractivity contribution in [3.63, 3.8) is 0 Å². The topological polar surface area (TPSA) is 61.4 Å². The highest BCUT2D eigenvalue weighted by Crippen LogP contribution is 2.48. The standard InChI is InChI=1S/C15H21ClN2O2/c1-11(19)5-8-17-14(20)18-10-15(6-7-15)12-3-2-4-13(16)9-12/h2-4,9,11,19H,5-8,10H2,1H3,(H2,17,18,20). The van der Waals surface area contributed by atoms with Gasteiger partial charge in [-0.1, -0.05) is 23.7 Å². The van der Waals surface area contributed by atoms with Crippen LogP contribution in [-0.4, -0.2) is 30.3 Å². The van der Waals surface area contributed by atoms with Crippen LogP contribution < -0.4 is 10.6 Å². The molecule has 1 aromatic carbocycles. The fourth-order valence-electron chi connectivity index (χ4n) is 2.24. The monoisotopic (exact) mass is 296 g/mol. The van der Waals surface area contributed by atoms with Gasteiger partial charge in [-0.05, 0) is 43.9 Å². The van der Waals surface area contributed by atoms with E-state index in [1.165, 1.54) is 5.56 Å². The molecular weight excluding hydrogens is 276 g/mol. The molecule has 1 saturated carbocycles. The molecular formula is C15H21ClN2O2. The second-order valence-corrected chi connectivity index (χ2v) is 5.97. The van der Waals surface area contributed by atoms with Gasteiger partial charge in [0.2, 0.25) is 0 Å². The molecule has 1 atom stereocenters. The molecule has 5 heteroatoms. The van der Waals surface area contributed by atoms with Crippen molar-refractivity contribution < 1.29 is 9.90 Å². The summed E-state index contributed by atoms with van der Waals surface area (Å²) in [6.07, 6.45) is 2.31. The number of aliphatic hydroxyl groups is 1. The molecule has 0 aromatic heterocycles. The summed E-state index contributed by atoms with van der Waals surface area (Å²) >= 11 is 6.02. The van der Waals surface area contributed by atoms with Gasteiger partial charge in [-0.15, -0.1) is 0 Å². The van der Waals surface area contributed by atoms with Crippen LogP contribution in [0.3, 0.4) is 0 Å². The molecule has 0 saturated heterocycles. The molecule has 2 rings (SSSR count). The minimum absolute atomic E-state index is 0.0481. The summed E-state index contributed by atoms with van der Waals surface area (Å²) in [4.78, 5) is 11.7. The summed E-state index contributed by atoms with van der Waals surface area (Å²) in [6.45, 7) is 2.80. The summed E-state index contributed by atoms with van der Waals surface area (Å²) in [5.41, 5.74) is 1.24. The van der Waals surface area contributed by atoms with Crippen LogP contribution in [0.4, 0.5) is 4.79 Å². The van der Waals surface area contributed by atoms with E-state index in [9.17, 15) is 4.79 Å². The first-order valence-electron chi connectivity index (χ1n) is 6.98. The maximum Gasteiger partial charge on any atom is 0.314 e. The molecule has 0 aliphatic heterocycles. The SMILES string of the molecule is CC(O)CCNC(=O)NCC1(c2cccc(Cl)c2)CC1. The Morgan fingerprint density at radius 1 is 1.45 bits per heavy atom. The van der Waals surface area contributed by atoms with Gasteiger partial charge in [0.15, 0.2) is 0 Å². The molecule has 0 radical (unpaired) electrons. The fraction of sp³-hybridized carbons (Fsp3) is 0.533. The van der Waals surface area contributed by atoms with Gasteiger partial charge >= 0.3 is 6.03 Å². The second-order valence-electron chi connectivity index (χ2n) is 5.54. The quantitative estimate of drug-likeness (QED) is 0.755. The third kappa shape index (κ3) is 4.12. The maximum absolute atomic E-state index is 11.7. The number of benzene rings is 1. The van der Waals surface area contributed by atoms with Crippen LogP contribution in [0.1, 0.15) is 31.7 Å². The highest BCUT2D eigenvalue weighted by atomic mass is 35.5. The van der Waals surface area contributed by atoms with Crippen molar-refractivity contribution in [3.05, 3.63) is 34.9 Å². The van der Waals surface area contributed by atoms with Gasteiger partial charge in [-0.2, -0.15) is 0 Å². The average molecular weight is 297 g/mol. The Bertz CT molecular complexity index is 473. The van der Waals surface area contributed by atoms with E-state index in [-0.39, 0.29) is 11.4 Å². The number of nitrogens with one attached hydrogen (secondary N) is 2. The second kappa shape index (κ2) is 6.46. The Labute approximate surface area is 124 Å². The Balaban J connectivity index is 1.80. The van der Waals surface area contributed by atoms with Crippen molar-refractivity contribution in [1.29, 1.82) is 0 Å². The minimum Gasteiger partial charge on any atom is -0.393 e. The molecule has 0 spiro atoms. The van der Waals surface area contributed by atoms with Gasteiger partial charge < -0.3 is 15.7 Å². The van der Waals surface area contributed by atoms with E-state index in [4.69, 9.17) is 16.7 Å². The van der Waals surface area contributed by atoms with Crippen LogP contribution in [-0.2, 0) is 5.41 Å². The lowest BCUT2D eigenvalue weighted by molar-refractivity contribution is 0.183. The van der Waals surface area contributed by atoms with Crippen LogP contribution in [0.2, 0.25) is 5.02 Å². The van der Waals surface area contributed by atoms with Crippen LogP contribution in [0.25, 0.3) is 0 Å². The molecule has 1 fully saturated rings. The largest absolute Gasteiger partial charge is 0.393 e. The first kappa shape index (κ1) is 15.1. The number of amides is 2. The smallest absolute Gasteiger partial charge is 0.314 e. The zero-order valence-electron chi connectivity index (χ0n) is 11.7. The summed E-state index contributed by atoms with van der Waals surface area (Å²) < 4.78 is 0.